The number of carbonyl (C=O) groups excluding carboxylic acids is 2. The van der Waals surface area contributed by atoms with E-state index in [0.29, 0.717) is 17.8 Å². The van der Waals surface area contributed by atoms with E-state index in [1.807, 2.05) is 32.0 Å². The van der Waals surface area contributed by atoms with Gasteiger partial charge in [0.25, 0.3) is 0 Å². The maximum Gasteiger partial charge on any atom is 0.221 e. The van der Waals surface area contributed by atoms with Gasteiger partial charge in [0.05, 0.1) is 6.04 Å². The second kappa shape index (κ2) is 7.17. The summed E-state index contributed by atoms with van der Waals surface area (Å²) in [7, 11) is 0. The second-order valence-corrected chi connectivity index (χ2v) is 6.39. The molecule has 1 atom stereocenters. The highest BCUT2D eigenvalue weighted by molar-refractivity contribution is 5.96. The van der Waals surface area contributed by atoms with Gasteiger partial charge in [0.2, 0.25) is 12.3 Å². The first-order valence-corrected chi connectivity index (χ1v) is 7.51. The number of amides is 1. The zero-order chi connectivity index (χ0) is 16.9. The topological polar surface area (TPSA) is 85.1 Å². The normalized spacial score (nSPS) is 12.7. The van der Waals surface area contributed by atoms with E-state index < -0.39 is 5.41 Å². The second-order valence-electron chi connectivity index (χ2n) is 6.39. The number of hydrogen-bond acceptors (Lipinski definition) is 5. The van der Waals surface area contributed by atoms with E-state index in [1.54, 1.807) is 19.1 Å². The number of benzene rings is 1. The molecule has 1 amide bonds. The fourth-order valence-corrected chi connectivity index (χ4v) is 2.38. The molecule has 0 bridgehead atoms. The van der Waals surface area contributed by atoms with Crippen LogP contribution in [0.5, 0.6) is 0 Å². The van der Waals surface area contributed by atoms with Crippen molar-refractivity contribution in [3.63, 3.8) is 0 Å². The van der Waals surface area contributed by atoms with Crippen LogP contribution in [0.4, 0.5) is 0 Å². The van der Waals surface area contributed by atoms with Crippen molar-refractivity contribution in [3.8, 4) is 0 Å². The Bertz CT molecular complexity index is 651. The Morgan fingerprint density at radius 2 is 1.91 bits per heavy atom. The van der Waals surface area contributed by atoms with Gasteiger partial charge < -0.3 is 9.84 Å². The number of ketones is 1. The van der Waals surface area contributed by atoms with Crippen LogP contribution in [0.15, 0.2) is 41.2 Å². The number of nitrogens with one attached hydrogen (secondary N) is 1. The lowest BCUT2D eigenvalue weighted by molar-refractivity contribution is -0.123. The van der Waals surface area contributed by atoms with E-state index in [2.05, 4.69) is 20.0 Å². The molecule has 1 aromatic carbocycles. The molecule has 0 fully saturated rings. The lowest BCUT2D eigenvalue weighted by Crippen LogP contribution is -2.32. The molecule has 0 aliphatic heterocycles. The van der Waals surface area contributed by atoms with Gasteiger partial charge in [-0.05, 0) is 12.3 Å². The highest BCUT2D eigenvalue weighted by Crippen LogP contribution is 2.27. The predicted molar refractivity (Wildman–Crippen MR) is 84.6 cm³/mol. The summed E-state index contributed by atoms with van der Waals surface area (Å²) in [6, 6.07) is 8.78. The zero-order valence-corrected chi connectivity index (χ0v) is 13.6. The summed E-state index contributed by atoms with van der Waals surface area (Å²) in [5.41, 5.74) is 0.231. The third kappa shape index (κ3) is 5.02. The number of nitrogens with zero attached hydrogens (tertiary/aromatic N) is 2. The maximum absolute atomic E-state index is 12.3. The van der Waals surface area contributed by atoms with Crippen LogP contribution < -0.4 is 5.32 Å². The summed E-state index contributed by atoms with van der Waals surface area (Å²) in [6.07, 6.45) is 1.77. The SMILES string of the molecule is C[C@H](NC(=O)CC(C)(C)CC(=O)c1ccccc1)c1ncon1. The lowest BCUT2D eigenvalue weighted by atomic mass is 9.82. The fraction of sp³-hybridized carbons (Fsp3) is 0.412. The third-order valence-electron chi connectivity index (χ3n) is 3.52. The first-order valence-electron chi connectivity index (χ1n) is 7.51. The summed E-state index contributed by atoms with van der Waals surface area (Å²) in [5.74, 6) is 0.319. The van der Waals surface area contributed by atoms with Crippen molar-refractivity contribution in [2.24, 2.45) is 5.41 Å². The van der Waals surface area contributed by atoms with E-state index in [-0.39, 0.29) is 24.2 Å². The van der Waals surface area contributed by atoms with E-state index in [4.69, 9.17) is 0 Å². The first kappa shape index (κ1) is 16.9. The van der Waals surface area contributed by atoms with Crippen molar-refractivity contribution < 1.29 is 14.1 Å². The first-order chi connectivity index (χ1) is 10.9. The van der Waals surface area contributed by atoms with Gasteiger partial charge in [-0.3, -0.25) is 9.59 Å². The Labute approximate surface area is 135 Å². The average molecular weight is 315 g/mol. The molecule has 2 rings (SSSR count). The van der Waals surface area contributed by atoms with Gasteiger partial charge in [-0.25, -0.2) is 0 Å². The highest BCUT2D eigenvalue weighted by atomic mass is 16.5. The molecule has 1 aromatic heterocycles. The molecule has 1 heterocycles. The molecule has 0 saturated carbocycles. The van der Waals surface area contributed by atoms with Gasteiger partial charge in [0, 0.05) is 18.4 Å². The maximum atomic E-state index is 12.3. The summed E-state index contributed by atoms with van der Waals surface area (Å²) in [6.45, 7) is 5.60. The quantitative estimate of drug-likeness (QED) is 0.794. The fourth-order valence-electron chi connectivity index (χ4n) is 2.38. The van der Waals surface area contributed by atoms with Gasteiger partial charge in [-0.15, -0.1) is 0 Å². The largest absolute Gasteiger partial charge is 0.346 e. The van der Waals surface area contributed by atoms with Gasteiger partial charge in [-0.1, -0.05) is 49.3 Å². The predicted octanol–water partition coefficient (Wildman–Crippen LogP) is 2.94. The molecular weight excluding hydrogens is 294 g/mol. The molecule has 122 valence electrons. The van der Waals surface area contributed by atoms with Crippen LogP contribution in [0.25, 0.3) is 0 Å². The molecule has 0 unspecified atom stereocenters. The molecule has 6 nitrogen and oxygen atoms in total. The van der Waals surface area contributed by atoms with Gasteiger partial charge in [-0.2, -0.15) is 4.98 Å². The summed E-state index contributed by atoms with van der Waals surface area (Å²) < 4.78 is 4.66. The van der Waals surface area contributed by atoms with Crippen molar-refractivity contribution in [1.29, 1.82) is 0 Å². The third-order valence-corrected chi connectivity index (χ3v) is 3.52. The van der Waals surface area contributed by atoms with Gasteiger partial charge >= 0.3 is 0 Å². The van der Waals surface area contributed by atoms with Crippen LogP contribution >= 0.6 is 0 Å². The number of aromatic nitrogens is 2. The molecule has 6 heteroatoms. The van der Waals surface area contributed by atoms with Gasteiger partial charge in [0.15, 0.2) is 11.6 Å². The standard InChI is InChI=1S/C17H21N3O3/c1-12(16-18-11-23-20-16)19-15(22)10-17(2,3)9-14(21)13-7-5-4-6-8-13/h4-8,11-12H,9-10H2,1-3H3,(H,19,22)/t12-/m0/s1. The molecule has 1 N–H and O–H groups in total. The highest BCUT2D eigenvalue weighted by Gasteiger charge is 2.27. The minimum absolute atomic E-state index is 0.0367. The summed E-state index contributed by atoms with van der Waals surface area (Å²) >= 11 is 0. The van der Waals surface area contributed by atoms with Crippen molar-refractivity contribution in [3.05, 3.63) is 48.1 Å². The number of carbonyl (C=O) groups is 2. The average Bonchev–Trinajstić information content (AvgIpc) is 3.01. The van der Waals surface area contributed by atoms with Crippen LogP contribution in [0, 0.1) is 5.41 Å². The van der Waals surface area contributed by atoms with Crippen molar-refractivity contribution in [1.82, 2.24) is 15.5 Å². The monoisotopic (exact) mass is 315 g/mol. The van der Waals surface area contributed by atoms with E-state index in [9.17, 15) is 9.59 Å². The number of Topliss-reactive ketones (excluding diaryl/α,β-unsaturated/α-hetero) is 1. The summed E-state index contributed by atoms with van der Waals surface area (Å²) in [5, 5.41) is 6.51. The van der Waals surface area contributed by atoms with Crippen LogP contribution in [-0.4, -0.2) is 21.8 Å². The molecule has 0 aliphatic rings. The van der Waals surface area contributed by atoms with Gasteiger partial charge in [0.1, 0.15) is 0 Å². The zero-order valence-electron chi connectivity index (χ0n) is 13.6. The van der Waals surface area contributed by atoms with Crippen molar-refractivity contribution in [2.75, 3.05) is 0 Å². The molecule has 0 saturated heterocycles. The Morgan fingerprint density at radius 3 is 2.52 bits per heavy atom. The Balaban J connectivity index is 1.90. The van der Waals surface area contributed by atoms with Crippen LogP contribution in [-0.2, 0) is 4.79 Å². The molecular formula is C17H21N3O3. The molecule has 0 spiro atoms. The number of hydrogen-bond donors (Lipinski definition) is 1. The smallest absolute Gasteiger partial charge is 0.221 e. The van der Waals surface area contributed by atoms with E-state index in [1.165, 1.54) is 6.39 Å². The van der Waals surface area contributed by atoms with Crippen LogP contribution in [0.3, 0.4) is 0 Å². The lowest BCUT2D eigenvalue weighted by Gasteiger charge is -2.24. The van der Waals surface area contributed by atoms with E-state index in [0.717, 1.165) is 0 Å². The molecule has 0 aliphatic carbocycles. The van der Waals surface area contributed by atoms with Crippen LogP contribution in [0.2, 0.25) is 0 Å². The summed E-state index contributed by atoms with van der Waals surface area (Å²) in [4.78, 5) is 28.4. The Kier molecular flexibility index (Phi) is 5.26. The minimum atomic E-state index is -0.437. The Morgan fingerprint density at radius 1 is 1.22 bits per heavy atom. The van der Waals surface area contributed by atoms with E-state index >= 15 is 0 Å². The van der Waals surface area contributed by atoms with Crippen molar-refractivity contribution in [2.45, 2.75) is 39.7 Å². The number of rotatable bonds is 7. The van der Waals surface area contributed by atoms with Crippen molar-refractivity contribution >= 4 is 11.7 Å². The minimum Gasteiger partial charge on any atom is -0.346 e. The molecule has 2 aromatic rings. The molecule has 0 radical (unpaired) electrons. The Hall–Kier alpha value is -2.50. The molecule has 23 heavy (non-hydrogen) atoms. The van der Waals surface area contributed by atoms with Crippen LogP contribution in [0.1, 0.15) is 55.8 Å².